The van der Waals surface area contributed by atoms with Gasteiger partial charge >= 0.3 is 0 Å². The molecule has 0 saturated carbocycles. The summed E-state index contributed by atoms with van der Waals surface area (Å²) in [5, 5.41) is 0. The van der Waals surface area contributed by atoms with E-state index < -0.39 is 0 Å². The largest absolute Gasteiger partial charge is 0.494 e. The Bertz CT molecular complexity index is 288. The lowest BCUT2D eigenvalue weighted by atomic mass is 10.0. The summed E-state index contributed by atoms with van der Waals surface area (Å²) in [6, 6.07) is 4.82. The van der Waals surface area contributed by atoms with Crippen LogP contribution in [0.1, 0.15) is 18.4 Å². The van der Waals surface area contributed by atoms with Crippen molar-refractivity contribution < 1.29 is 9.13 Å². The predicted octanol–water partition coefficient (Wildman–Crippen LogP) is 1.90. The molecular formula is C10H14FNO. The van der Waals surface area contributed by atoms with Gasteiger partial charge in [-0.15, -0.1) is 0 Å². The van der Waals surface area contributed by atoms with Crippen LogP contribution in [0.4, 0.5) is 4.39 Å². The Morgan fingerprint density at radius 1 is 1.54 bits per heavy atom. The average Bonchev–Trinajstić information content (AvgIpc) is 2.17. The number of benzene rings is 1. The first-order chi connectivity index (χ1) is 6.19. The maximum atomic E-state index is 13.0. The molecule has 0 amide bonds. The van der Waals surface area contributed by atoms with E-state index in [1.165, 1.54) is 13.2 Å². The number of ether oxygens (including phenoxy) is 1. The first-order valence-electron chi connectivity index (χ1n) is 4.22. The molecule has 0 saturated heterocycles. The Labute approximate surface area is 77.5 Å². The van der Waals surface area contributed by atoms with Crippen LogP contribution in [0.2, 0.25) is 0 Å². The molecule has 0 spiro atoms. The second-order valence-electron chi connectivity index (χ2n) is 3.03. The van der Waals surface area contributed by atoms with E-state index in [-0.39, 0.29) is 17.5 Å². The lowest BCUT2D eigenvalue weighted by Gasteiger charge is -2.10. The average molecular weight is 183 g/mol. The SMILES string of the molecule is COc1cc(C(C)CN)ccc1F. The van der Waals surface area contributed by atoms with Crippen LogP contribution in [0.15, 0.2) is 18.2 Å². The van der Waals surface area contributed by atoms with Crippen LogP contribution in [0.3, 0.4) is 0 Å². The highest BCUT2D eigenvalue weighted by atomic mass is 19.1. The van der Waals surface area contributed by atoms with Gasteiger partial charge in [-0.3, -0.25) is 0 Å². The quantitative estimate of drug-likeness (QED) is 0.776. The molecule has 0 heterocycles. The third kappa shape index (κ3) is 2.18. The first-order valence-corrected chi connectivity index (χ1v) is 4.22. The van der Waals surface area contributed by atoms with E-state index >= 15 is 0 Å². The molecule has 1 aromatic rings. The fourth-order valence-electron chi connectivity index (χ4n) is 1.12. The highest BCUT2D eigenvalue weighted by Crippen LogP contribution is 2.22. The van der Waals surface area contributed by atoms with Crippen LogP contribution in [-0.2, 0) is 0 Å². The van der Waals surface area contributed by atoms with Crippen LogP contribution in [0, 0.1) is 5.82 Å². The molecule has 0 aromatic heterocycles. The van der Waals surface area contributed by atoms with Gasteiger partial charge in [0.15, 0.2) is 11.6 Å². The Balaban J connectivity index is 2.99. The zero-order valence-electron chi connectivity index (χ0n) is 7.88. The molecule has 0 bridgehead atoms. The van der Waals surface area contributed by atoms with Gasteiger partial charge in [-0.25, -0.2) is 4.39 Å². The molecule has 0 aliphatic rings. The van der Waals surface area contributed by atoms with E-state index in [4.69, 9.17) is 10.5 Å². The van der Waals surface area contributed by atoms with E-state index in [2.05, 4.69) is 0 Å². The van der Waals surface area contributed by atoms with Crippen molar-refractivity contribution in [3.8, 4) is 5.75 Å². The summed E-state index contributed by atoms with van der Waals surface area (Å²) in [4.78, 5) is 0. The van der Waals surface area contributed by atoms with Gasteiger partial charge in [0.1, 0.15) is 0 Å². The summed E-state index contributed by atoms with van der Waals surface area (Å²) in [6.07, 6.45) is 0. The topological polar surface area (TPSA) is 35.2 Å². The maximum Gasteiger partial charge on any atom is 0.165 e. The van der Waals surface area contributed by atoms with E-state index in [9.17, 15) is 4.39 Å². The summed E-state index contributed by atoms with van der Waals surface area (Å²) in [5.41, 5.74) is 6.50. The van der Waals surface area contributed by atoms with Crippen LogP contribution in [-0.4, -0.2) is 13.7 Å². The summed E-state index contributed by atoms with van der Waals surface area (Å²) < 4.78 is 17.8. The second-order valence-corrected chi connectivity index (χ2v) is 3.03. The zero-order chi connectivity index (χ0) is 9.84. The molecule has 3 heteroatoms. The Morgan fingerprint density at radius 3 is 2.77 bits per heavy atom. The minimum Gasteiger partial charge on any atom is -0.494 e. The molecule has 1 unspecified atom stereocenters. The van der Waals surface area contributed by atoms with Gasteiger partial charge in [-0.05, 0) is 30.2 Å². The highest BCUT2D eigenvalue weighted by Gasteiger charge is 2.07. The summed E-state index contributed by atoms with van der Waals surface area (Å²) >= 11 is 0. The smallest absolute Gasteiger partial charge is 0.165 e. The third-order valence-corrected chi connectivity index (χ3v) is 2.10. The van der Waals surface area contributed by atoms with Crippen LogP contribution in [0.25, 0.3) is 0 Å². The fraction of sp³-hybridized carbons (Fsp3) is 0.400. The van der Waals surface area contributed by atoms with Crippen molar-refractivity contribution in [3.63, 3.8) is 0 Å². The zero-order valence-corrected chi connectivity index (χ0v) is 7.88. The number of methoxy groups -OCH3 is 1. The highest BCUT2D eigenvalue weighted by molar-refractivity contribution is 5.32. The first kappa shape index (κ1) is 9.99. The predicted molar refractivity (Wildman–Crippen MR) is 50.4 cm³/mol. The van der Waals surface area contributed by atoms with E-state index in [0.717, 1.165) is 5.56 Å². The number of rotatable bonds is 3. The summed E-state index contributed by atoms with van der Waals surface area (Å²) in [6.45, 7) is 2.54. The van der Waals surface area contributed by atoms with Gasteiger partial charge in [0.2, 0.25) is 0 Å². The van der Waals surface area contributed by atoms with Crippen molar-refractivity contribution in [1.82, 2.24) is 0 Å². The van der Waals surface area contributed by atoms with Crippen molar-refractivity contribution in [1.29, 1.82) is 0 Å². The normalized spacial score (nSPS) is 12.6. The lowest BCUT2D eigenvalue weighted by molar-refractivity contribution is 0.385. The Morgan fingerprint density at radius 2 is 2.23 bits per heavy atom. The fourth-order valence-corrected chi connectivity index (χ4v) is 1.12. The van der Waals surface area contributed by atoms with Gasteiger partial charge < -0.3 is 10.5 Å². The monoisotopic (exact) mass is 183 g/mol. The summed E-state index contributed by atoms with van der Waals surface area (Å²) in [7, 11) is 1.45. The number of halogens is 1. The molecule has 0 aliphatic carbocycles. The second kappa shape index (κ2) is 4.23. The van der Waals surface area contributed by atoms with E-state index in [0.29, 0.717) is 6.54 Å². The minimum absolute atomic E-state index is 0.231. The van der Waals surface area contributed by atoms with E-state index in [1.807, 2.05) is 6.92 Å². The summed E-state index contributed by atoms with van der Waals surface area (Å²) in [5.74, 6) is 0.169. The van der Waals surface area contributed by atoms with Gasteiger partial charge in [-0.2, -0.15) is 0 Å². The molecule has 1 rings (SSSR count). The van der Waals surface area contributed by atoms with Crippen molar-refractivity contribution in [3.05, 3.63) is 29.6 Å². The van der Waals surface area contributed by atoms with Gasteiger partial charge in [0.05, 0.1) is 7.11 Å². The molecule has 2 nitrogen and oxygen atoms in total. The third-order valence-electron chi connectivity index (χ3n) is 2.10. The van der Waals surface area contributed by atoms with Crippen molar-refractivity contribution in [2.24, 2.45) is 5.73 Å². The van der Waals surface area contributed by atoms with Crippen molar-refractivity contribution in [2.45, 2.75) is 12.8 Å². The molecule has 72 valence electrons. The Hall–Kier alpha value is -1.09. The lowest BCUT2D eigenvalue weighted by Crippen LogP contribution is -2.09. The van der Waals surface area contributed by atoms with E-state index in [1.54, 1.807) is 12.1 Å². The minimum atomic E-state index is -0.338. The number of hydrogen-bond acceptors (Lipinski definition) is 2. The molecule has 2 N–H and O–H groups in total. The van der Waals surface area contributed by atoms with Gasteiger partial charge in [0, 0.05) is 0 Å². The standard InChI is InChI=1S/C10H14FNO/c1-7(6-12)8-3-4-9(11)10(5-8)13-2/h3-5,7H,6,12H2,1-2H3. The molecule has 0 radical (unpaired) electrons. The number of hydrogen-bond donors (Lipinski definition) is 1. The van der Waals surface area contributed by atoms with Gasteiger partial charge in [0.25, 0.3) is 0 Å². The Kier molecular flexibility index (Phi) is 3.25. The molecule has 0 aliphatic heterocycles. The van der Waals surface area contributed by atoms with Crippen LogP contribution < -0.4 is 10.5 Å². The van der Waals surface area contributed by atoms with Crippen molar-refractivity contribution >= 4 is 0 Å². The van der Waals surface area contributed by atoms with Gasteiger partial charge in [-0.1, -0.05) is 13.0 Å². The van der Waals surface area contributed by atoms with Crippen LogP contribution >= 0.6 is 0 Å². The molecular weight excluding hydrogens is 169 g/mol. The number of nitrogens with two attached hydrogens (primary N) is 1. The molecule has 1 aromatic carbocycles. The van der Waals surface area contributed by atoms with Crippen LogP contribution in [0.5, 0.6) is 5.75 Å². The molecule has 13 heavy (non-hydrogen) atoms. The molecule has 0 fully saturated rings. The van der Waals surface area contributed by atoms with Crippen molar-refractivity contribution in [2.75, 3.05) is 13.7 Å². The molecule has 1 atom stereocenters. The maximum absolute atomic E-state index is 13.0.